The predicted molar refractivity (Wildman–Crippen MR) is 58.8 cm³/mol. The van der Waals surface area contributed by atoms with Crippen LogP contribution in [0, 0.1) is 0 Å². The molecule has 0 fully saturated rings. The zero-order chi connectivity index (χ0) is 10.1. The first-order valence-electron chi connectivity index (χ1n) is 5.18. The molecular formula is C12H17NO. The van der Waals surface area contributed by atoms with E-state index in [2.05, 4.69) is 37.1 Å². The molecule has 0 saturated carbocycles. The van der Waals surface area contributed by atoms with Crippen molar-refractivity contribution < 1.29 is 5.11 Å². The van der Waals surface area contributed by atoms with Crippen LogP contribution in [0.15, 0.2) is 18.2 Å². The Morgan fingerprint density at radius 3 is 3.00 bits per heavy atom. The van der Waals surface area contributed by atoms with E-state index in [1.165, 1.54) is 16.8 Å². The van der Waals surface area contributed by atoms with Gasteiger partial charge in [0, 0.05) is 25.4 Å². The molecule has 0 radical (unpaired) electrons. The highest BCUT2D eigenvalue weighted by atomic mass is 16.2. The summed E-state index contributed by atoms with van der Waals surface area (Å²) in [6.45, 7) is 2.48. The van der Waals surface area contributed by atoms with Crippen LogP contribution in [0.5, 0.6) is 0 Å². The van der Waals surface area contributed by atoms with Gasteiger partial charge < -0.3 is 10.0 Å². The lowest BCUT2D eigenvalue weighted by Crippen LogP contribution is -2.23. The van der Waals surface area contributed by atoms with Crippen LogP contribution in [0.3, 0.4) is 0 Å². The number of anilines is 1. The lowest BCUT2D eigenvalue weighted by molar-refractivity contribution is 0.299. The standard InChI is InChI=1S/C12H17NO/c1-9-7-11-8-10(5-6-14)3-4-12(11)13(9)2/h3-4,8-9,14H,5-7H2,1-2H3. The zero-order valence-corrected chi connectivity index (χ0v) is 8.83. The number of likely N-dealkylation sites (N-methyl/N-ethyl adjacent to an activating group) is 1. The van der Waals surface area contributed by atoms with Crippen LogP contribution in [-0.4, -0.2) is 24.8 Å². The summed E-state index contributed by atoms with van der Waals surface area (Å²) in [5.74, 6) is 0. The summed E-state index contributed by atoms with van der Waals surface area (Å²) in [7, 11) is 2.14. The Morgan fingerprint density at radius 1 is 1.50 bits per heavy atom. The van der Waals surface area contributed by atoms with Crippen molar-refractivity contribution in [3.05, 3.63) is 29.3 Å². The van der Waals surface area contributed by atoms with Gasteiger partial charge in [0.1, 0.15) is 0 Å². The first-order chi connectivity index (χ1) is 6.72. The third kappa shape index (κ3) is 1.50. The normalized spacial score (nSPS) is 19.9. The molecule has 1 aromatic rings. The Balaban J connectivity index is 2.30. The Kier molecular flexibility index (Phi) is 2.46. The van der Waals surface area contributed by atoms with Gasteiger partial charge >= 0.3 is 0 Å². The first-order valence-corrected chi connectivity index (χ1v) is 5.18. The molecule has 14 heavy (non-hydrogen) atoms. The molecule has 1 heterocycles. The average molecular weight is 191 g/mol. The SMILES string of the molecule is CC1Cc2cc(CCO)ccc2N1C. The summed E-state index contributed by atoms with van der Waals surface area (Å²) >= 11 is 0. The molecule has 2 rings (SSSR count). The molecule has 2 nitrogen and oxygen atoms in total. The van der Waals surface area contributed by atoms with Gasteiger partial charge in [0.05, 0.1) is 0 Å². The predicted octanol–water partition coefficient (Wildman–Crippen LogP) is 1.60. The van der Waals surface area contributed by atoms with E-state index in [0.717, 1.165) is 12.8 Å². The van der Waals surface area contributed by atoms with Gasteiger partial charge in [-0.2, -0.15) is 0 Å². The Hall–Kier alpha value is -1.02. The van der Waals surface area contributed by atoms with Crippen molar-refractivity contribution in [2.75, 3.05) is 18.6 Å². The number of aliphatic hydroxyl groups excluding tert-OH is 1. The van der Waals surface area contributed by atoms with E-state index < -0.39 is 0 Å². The molecule has 1 aliphatic rings. The van der Waals surface area contributed by atoms with Gasteiger partial charge in [-0.25, -0.2) is 0 Å². The van der Waals surface area contributed by atoms with Crippen molar-refractivity contribution >= 4 is 5.69 Å². The van der Waals surface area contributed by atoms with E-state index in [1.807, 2.05) is 0 Å². The fourth-order valence-electron chi connectivity index (χ4n) is 2.12. The van der Waals surface area contributed by atoms with E-state index in [-0.39, 0.29) is 6.61 Å². The lowest BCUT2D eigenvalue weighted by Gasteiger charge is -2.18. The molecule has 0 bridgehead atoms. The fourth-order valence-corrected chi connectivity index (χ4v) is 2.12. The second kappa shape index (κ2) is 3.62. The van der Waals surface area contributed by atoms with Gasteiger partial charge in [-0.05, 0) is 37.0 Å². The van der Waals surface area contributed by atoms with Gasteiger partial charge in [0.15, 0.2) is 0 Å². The van der Waals surface area contributed by atoms with Crippen LogP contribution in [-0.2, 0) is 12.8 Å². The molecular weight excluding hydrogens is 174 g/mol. The van der Waals surface area contributed by atoms with Gasteiger partial charge in [-0.3, -0.25) is 0 Å². The Morgan fingerprint density at radius 2 is 2.29 bits per heavy atom. The van der Waals surface area contributed by atoms with E-state index in [1.54, 1.807) is 0 Å². The summed E-state index contributed by atoms with van der Waals surface area (Å²) in [6, 6.07) is 7.12. The van der Waals surface area contributed by atoms with Crippen LogP contribution in [0.2, 0.25) is 0 Å². The fraction of sp³-hybridized carbons (Fsp3) is 0.500. The van der Waals surface area contributed by atoms with E-state index in [4.69, 9.17) is 5.11 Å². The average Bonchev–Trinajstić information content (AvgIpc) is 2.43. The van der Waals surface area contributed by atoms with Crippen molar-refractivity contribution in [2.24, 2.45) is 0 Å². The van der Waals surface area contributed by atoms with Gasteiger partial charge in [0.2, 0.25) is 0 Å². The molecule has 1 aromatic carbocycles. The minimum Gasteiger partial charge on any atom is -0.396 e. The van der Waals surface area contributed by atoms with E-state index in [0.29, 0.717) is 6.04 Å². The van der Waals surface area contributed by atoms with Crippen molar-refractivity contribution in [3.63, 3.8) is 0 Å². The molecule has 1 aliphatic heterocycles. The first kappa shape index (κ1) is 9.53. The number of aliphatic hydroxyl groups is 1. The van der Waals surface area contributed by atoms with Crippen LogP contribution in [0.1, 0.15) is 18.1 Å². The van der Waals surface area contributed by atoms with Crippen LogP contribution >= 0.6 is 0 Å². The Bertz CT molecular complexity index is 335. The lowest BCUT2D eigenvalue weighted by atomic mass is 10.1. The molecule has 0 amide bonds. The smallest absolute Gasteiger partial charge is 0.0471 e. The molecule has 0 spiro atoms. The molecule has 0 saturated heterocycles. The van der Waals surface area contributed by atoms with Gasteiger partial charge in [0.25, 0.3) is 0 Å². The minimum atomic E-state index is 0.240. The topological polar surface area (TPSA) is 23.5 Å². The number of hydrogen-bond donors (Lipinski definition) is 1. The third-order valence-corrected chi connectivity index (χ3v) is 3.10. The van der Waals surface area contributed by atoms with E-state index in [9.17, 15) is 0 Å². The number of benzene rings is 1. The molecule has 1 N–H and O–H groups in total. The Labute approximate surface area is 85.2 Å². The highest BCUT2D eigenvalue weighted by molar-refractivity contribution is 5.59. The highest BCUT2D eigenvalue weighted by Gasteiger charge is 2.22. The van der Waals surface area contributed by atoms with Crippen molar-refractivity contribution in [2.45, 2.75) is 25.8 Å². The minimum absolute atomic E-state index is 0.240. The molecule has 1 unspecified atom stereocenters. The van der Waals surface area contributed by atoms with Crippen molar-refractivity contribution in [3.8, 4) is 0 Å². The molecule has 76 valence electrons. The maximum Gasteiger partial charge on any atom is 0.0471 e. The molecule has 0 aliphatic carbocycles. The number of fused-ring (bicyclic) bond motifs is 1. The second-order valence-corrected chi connectivity index (χ2v) is 4.10. The van der Waals surface area contributed by atoms with Gasteiger partial charge in [-0.1, -0.05) is 12.1 Å². The summed E-state index contributed by atoms with van der Waals surface area (Å²) in [5, 5.41) is 8.86. The summed E-state index contributed by atoms with van der Waals surface area (Å²) in [4.78, 5) is 2.32. The summed E-state index contributed by atoms with van der Waals surface area (Å²) < 4.78 is 0. The van der Waals surface area contributed by atoms with Gasteiger partial charge in [-0.15, -0.1) is 0 Å². The van der Waals surface area contributed by atoms with Crippen molar-refractivity contribution in [1.82, 2.24) is 0 Å². The highest BCUT2D eigenvalue weighted by Crippen LogP contribution is 2.31. The van der Waals surface area contributed by atoms with Crippen LogP contribution in [0.4, 0.5) is 5.69 Å². The maximum atomic E-state index is 8.86. The number of rotatable bonds is 2. The largest absolute Gasteiger partial charge is 0.396 e. The monoisotopic (exact) mass is 191 g/mol. The summed E-state index contributed by atoms with van der Waals surface area (Å²) in [5.41, 5.74) is 4.01. The van der Waals surface area contributed by atoms with Crippen molar-refractivity contribution in [1.29, 1.82) is 0 Å². The zero-order valence-electron chi connectivity index (χ0n) is 8.83. The third-order valence-electron chi connectivity index (χ3n) is 3.10. The molecule has 2 heteroatoms. The van der Waals surface area contributed by atoms with E-state index >= 15 is 0 Å². The summed E-state index contributed by atoms with van der Waals surface area (Å²) in [6.07, 6.45) is 1.90. The molecule has 1 atom stereocenters. The number of hydrogen-bond acceptors (Lipinski definition) is 2. The van der Waals surface area contributed by atoms with Crippen LogP contribution < -0.4 is 4.90 Å². The number of nitrogens with zero attached hydrogens (tertiary/aromatic N) is 1. The molecule has 0 aromatic heterocycles. The maximum absolute atomic E-state index is 8.86. The quantitative estimate of drug-likeness (QED) is 0.767. The van der Waals surface area contributed by atoms with Crippen LogP contribution in [0.25, 0.3) is 0 Å². The second-order valence-electron chi connectivity index (χ2n) is 4.10.